The summed E-state index contributed by atoms with van der Waals surface area (Å²) >= 11 is 1.77. The maximum absolute atomic E-state index is 13.6. The van der Waals surface area contributed by atoms with Gasteiger partial charge in [0.25, 0.3) is 0 Å². The van der Waals surface area contributed by atoms with Crippen molar-refractivity contribution in [3.05, 3.63) is 63.9 Å². The molecular formula is C29H42N2O3S. The van der Waals surface area contributed by atoms with Crippen molar-refractivity contribution in [2.24, 2.45) is 5.92 Å². The Hall–Kier alpha value is -2.15. The number of ether oxygens (including phenoxy) is 1. The van der Waals surface area contributed by atoms with E-state index in [1.807, 2.05) is 17.0 Å². The largest absolute Gasteiger partial charge is 0.491 e. The Morgan fingerprint density at radius 3 is 2.83 bits per heavy atom. The number of carbonyl (C=O) groups excluding carboxylic acids is 1. The van der Waals surface area contributed by atoms with Crippen LogP contribution in [0.3, 0.4) is 0 Å². The van der Waals surface area contributed by atoms with E-state index in [0.29, 0.717) is 38.6 Å². The maximum Gasteiger partial charge on any atom is 0.237 e. The molecule has 3 rings (SSSR count). The van der Waals surface area contributed by atoms with Crippen molar-refractivity contribution in [2.75, 3.05) is 32.8 Å². The standard InChI is InChI=1S/C29H42N2O3S/c1-6-7-8-24(32)18-30(14-11-21(2)3)19-29(33)31-15-12-28-25(13-16-35-28)26(31)20-34-27-10-9-22(4)17-23(27)5/h6,9-10,13,16-17,21,24,26,32H,1,7-8,11-12,14-15,18-20H2,2-5H3/t24-,26-/m1/s1. The van der Waals surface area contributed by atoms with Crippen LogP contribution >= 0.6 is 11.3 Å². The number of allylic oxidation sites excluding steroid dienone is 1. The molecule has 1 aromatic heterocycles. The summed E-state index contributed by atoms with van der Waals surface area (Å²) in [6.07, 6.45) is 4.70. The van der Waals surface area contributed by atoms with E-state index in [1.54, 1.807) is 11.3 Å². The molecule has 5 nitrogen and oxygen atoms in total. The minimum Gasteiger partial charge on any atom is -0.491 e. The van der Waals surface area contributed by atoms with Crippen LogP contribution in [0.25, 0.3) is 0 Å². The Balaban J connectivity index is 1.73. The van der Waals surface area contributed by atoms with E-state index in [1.165, 1.54) is 16.0 Å². The molecule has 1 aliphatic heterocycles. The lowest BCUT2D eigenvalue weighted by Crippen LogP contribution is -2.48. The fourth-order valence-electron chi connectivity index (χ4n) is 4.66. The molecule has 1 aliphatic rings. The summed E-state index contributed by atoms with van der Waals surface area (Å²) in [4.78, 5) is 19.1. The van der Waals surface area contributed by atoms with Crippen molar-refractivity contribution >= 4 is 17.2 Å². The Kier molecular flexibility index (Phi) is 10.4. The van der Waals surface area contributed by atoms with Crippen molar-refractivity contribution in [1.29, 1.82) is 0 Å². The van der Waals surface area contributed by atoms with E-state index in [-0.39, 0.29) is 11.9 Å². The summed E-state index contributed by atoms with van der Waals surface area (Å²) in [5.41, 5.74) is 3.53. The third-order valence-electron chi connectivity index (χ3n) is 6.70. The molecule has 0 fully saturated rings. The molecule has 6 heteroatoms. The summed E-state index contributed by atoms with van der Waals surface area (Å²) in [6.45, 7) is 15.0. The number of hydrogen-bond donors (Lipinski definition) is 1. The van der Waals surface area contributed by atoms with Gasteiger partial charge >= 0.3 is 0 Å². The van der Waals surface area contributed by atoms with Gasteiger partial charge in [-0.3, -0.25) is 9.69 Å². The van der Waals surface area contributed by atoms with Crippen LogP contribution in [0.1, 0.15) is 60.7 Å². The first-order valence-electron chi connectivity index (χ1n) is 12.9. The first-order chi connectivity index (χ1) is 16.8. The monoisotopic (exact) mass is 498 g/mol. The summed E-state index contributed by atoms with van der Waals surface area (Å²) in [7, 11) is 0. The smallest absolute Gasteiger partial charge is 0.237 e. The third kappa shape index (κ3) is 7.92. The van der Waals surface area contributed by atoms with Crippen molar-refractivity contribution in [2.45, 2.75) is 65.5 Å². The quantitative estimate of drug-likeness (QED) is 0.368. The second-order valence-electron chi connectivity index (χ2n) is 10.2. The number of thiophene rings is 1. The molecule has 0 spiro atoms. The fourth-order valence-corrected chi connectivity index (χ4v) is 5.59. The number of aliphatic hydroxyl groups excluding tert-OH is 1. The molecule has 2 atom stereocenters. The summed E-state index contributed by atoms with van der Waals surface area (Å²) < 4.78 is 6.28. The first-order valence-corrected chi connectivity index (χ1v) is 13.7. The molecule has 0 radical (unpaired) electrons. The SMILES string of the molecule is C=CCC[C@@H](O)CN(CCC(C)C)CC(=O)N1CCc2sccc2[C@H]1COc1ccc(C)cc1C. The van der Waals surface area contributed by atoms with Crippen LogP contribution in [-0.2, 0) is 11.2 Å². The Morgan fingerprint density at radius 1 is 1.31 bits per heavy atom. The number of aryl methyl sites for hydroxylation is 2. The van der Waals surface area contributed by atoms with Gasteiger partial charge in [0.1, 0.15) is 12.4 Å². The van der Waals surface area contributed by atoms with Gasteiger partial charge in [0.2, 0.25) is 5.91 Å². The lowest BCUT2D eigenvalue weighted by atomic mass is 10.00. The number of benzene rings is 1. The average Bonchev–Trinajstić information content (AvgIpc) is 3.29. The van der Waals surface area contributed by atoms with Crippen LogP contribution in [0.5, 0.6) is 5.75 Å². The first kappa shape index (κ1) is 27.4. The van der Waals surface area contributed by atoms with Gasteiger partial charge in [-0.1, -0.05) is 37.6 Å². The summed E-state index contributed by atoms with van der Waals surface area (Å²) in [5, 5.41) is 12.6. The number of amides is 1. The molecule has 1 N–H and O–H groups in total. The molecule has 2 heterocycles. The molecule has 2 aromatic rings. The highest BCUT2D eigenvalue weighted by Gasteiger charge is 2.33. The van der Waals surface area contributed by atoms with Crippen molar-refractivity contribution in [1.82, 2.24) is 9.80 Å². The Bertz CT molecular complexity index is 971. The number of carbonyl (C=O) groups is 1. The van der Waals surface area contributed by atoms with Crippen LogP contribution in [0.15, 0.2) is 42.3 Å². The van der Waals surface area contributed by atoms with Crippen LogP contribution in [-0.4, -0.2) is 59.7 Å². The molecular weight excluding hydrogens is 456 g/mol. The van der Waals surface area contributed by atoms with E-state index in [4.69, 9.17) is 4.74 Å². The molecule has 0 saturated heterocycles. The zero-order chi connectivity index (χ0) is 25.4. The van der Waals surface area contributed by atoms with Crippen LogP contribution in [0.2, 0.25) is 0 Å². The van der Waals surface area contributed by atoms with Crippen LogP contribution < -0.4 is 4.74 Å². The van der Waals surface area contributed by atoms with Gasteiger partial charge in [0, 0.05) is 18.0 Å². The van der Waals surface area contributed by atoms with Gasteiger partial charge in [-0.2, -0.15) is 0 Å². The van der Waals surface area contributed by atoms with Crippen LogP contribution in [0.4, 0.5) is 0 Å². The van der Waals surface area contributed by atoms with Gasteiger partial charge in [-0.15, -0.1) is 17.9 Å². The molecule has 35 heavy (non-hydrogen) atoms. The van der Waals surface area contributed by atoms with Crippen molar-refractivity contribution in [3.63, 3.8) is 0 Å². The zero-order valence-electron chi connectivity index (χ0n) is 21.8. The minimum atomic E-state index is -0.457. The van der Waals surface area contributed by atoms with Gasteiger partial charge in [-0.25, -0.2) is 0 Å². The highest BCUT2D eigenvalue weighted by molar-refractivity contribution is 7.10. The fraction of sp³-hybridized carbons (Fsp3) is 0.552. The molecule has 0 bridgehead atoms. The minimum absolute atomic E-state index is 0.101. The van der Waals surface area contributed by atoms with Gasteiger partial charge in [0.05, 0.1) is 18.7 Å². The van der Waals surface area contributed by atoms with E-state index >= 15 is 0 Å². The zero-order valence-corrected chi connectivity index (χ0v) is 22.7. The van der Waals surface area contributed by atoms with Crippen LogP contribution in [0, 0.1) is 19.8 Å². The average molecular weight is 499 g/mol. The lowest BCUT2D eigenvalue weighted by molar-refractivity contribution is -0.136. The van der Waals surface area contributed by atoms with E-state index < -0.39 is 6.10 Å². The second kappa shape index (κ2) is 13.2. The molecule has 1 aromatic carbocycles. The van der Waals surface area contributed by atoms with Crippen molar-refractivity contribution < 1.29 is 14.6 Å². The highest BCUT2D eigenvalue weighted by atomic mass is 32.1. The van der Waals surface area contributed by atoms with Gasteiger partial charge in [0.15, 0.2) is 0 Å². The summed E-state index contributed by atoms with van der Waals surface area (Å²) in [6, 6.07) is 8.25. The third-order valence-corrected chi connectivity index (χ3v) is 7.69. The molecule has 0 unspecified atom stereocenters. The highest BCUT2D eigenvalue weighted by Crippen LogP contribution is 2.34. The van der Waals surface area contributed by atoms with E-state index in [0.717, 1.165) is 37.1 Å². The van der Waals surface area contributed by atoms with E-state index in [2.05, 4.69) is 62.8 Å². The molecule has 0 saturated carbocycles. The topological polar surface area (TPSA) is 53.0 Å². The number of nitrogens with zero attached hydrogens (tertiary/aromatic N) is 2. The Morgan fingerprint density at radius 2 is 2.11 bits per heavy atom. The predicted octanol–water partition coefficient (Wildman–Crippen LogP) is 5.54. The second-order valence-corrected chi connectivity index (χ2v) is 11.2. The maximum atomic E-state index is 13.6. The van der Waals surface area contributed by atoms with Crippen molar-refractivity contribution in [3.8, 4) is 5.75 Å². The normalized spacial score (nSPS) is 16.4. The van der Waals surface area contributed by atoms with E-state index in [9.17, 15) is 9.90 Å². The number of fused-ring (bicyclic) bond motifs is 1. The lowest BCUT2D eigenvalue weighted by Gasteiger charge is -2.37. The molecule has 192 valence electrons. The molecule has 0 aliphatic carbocycles. The number of hydrogen-bond acceptors (Lipinski definition) is 5. The summed E-state index contributed by atoms with van der Waals surface area (Å²) in [5.74, 6) is 1.52. The van der Waals surface area contributed by atoms with Gasteiger partial charge < -0.3 is 14.7 Å². The van der Waals surface area contributed by atoms with Gasteiger partial charge in [-0.05, 0) is 80.6 Å². The Labute approximate surface area is 215 Å². The number of rotatable bonds is 13. The molecule has 1 amide bonds. The predicted molar refractivity (Wildman–Crippen MR) is 145 cm³/mol. The number of aliphatic hydroxyl groups is 1.